The van der Waals surface area contributed by atoms with Gasteiger partial charge in [0.25, 0.3) is 0 Å². The van der Waals surface area contributed by atoms with E-state index in [9.17, 15) is 14.4 Å². The van der Waals surface area contributed by atoms with Crippen molar-refractivity contribution >= 4 is 24.0 Å². The van der Waals surface area contributed by atoms with Crippen molar-refractivity contribution in [3.8, 4) is 17.2 Å². The van der Waals surface area contributed by atoms with Gasteiger partial charge in [-0.05, 0) is 80.6 Å². The smallest absolute Gasteiger partial charge is 0.343 e. The molecule has 9 nitrogen and oxygen atoms in total. The number of hydrogen-bond donors (Lipinski definition) is 0. The number of hydrogen-bond acceptors (Lipinski definition) is 9. The second kappa shape index (κ2) is 17.4. The van der Waals surface area contributed by atoms with Gasteiger partial charge in [-0.2, -0.15) is 0 Å². The first-order valence-electron chi connectivity index (χ1n) is 12.6. The molecule has 0 saturated carbocycles. The maximum absolute atomic E-state index is 12.6. The van der Waals surface area contributed by atoms with Gasteiger partial charge in [0.2, 0.25) is 0 Å². The third-order valence-corrected chi connectivity index (χ3v) is 5.31. The molecule has 0 fully saturated rings. The molecule has 0 aromatic heterocycles. The molecule has 9 heteroatoms. The minimum Gasteiger partial charge on any atom is -0.494 e. The molecule has 0 amide bonds. The minimum absolute atomic E-state index is 0.169. The van der Waals surface area contributed by atoms with E-state index in [-0.39, 0.29) is 18.3 Å². The van der Waals surface area contributed by atoms with Gasteiger partial charge in [0.1, 0.15) is 12.4 Å². The first-order valence-corrected chi connectivity index (χ1v) is 12.6. The Balaban J connectivity index is 1.78. The van der Waals surface area contributed by atoms with Crippen LogP contribution in [-0.4, -0.2) is 58.6 Å². The summed E-state index contributed by atoms with van der Waals surface area (Å²) in [6, 6.07) is 11.6. The van der Waals surface area contributed by atoms with Gasteiger partial charge in [-0.3, -0.25) is 0 Å². The fourth-order valence-electron chi connectivity index (χ4n) is 3.19. The Hall–Kier alpha value is -4.11. The van der Waals surface area contributed by atoms with Gasteiger partial charge in [-0.15, -0.1) is 0 Å². The molecule has 39 heavy (non-hydrogen) atoms. The molecule has 0 unspecified atom stereocenters. The second-order valence-corrected chi connectivity index (χ2v) is 8.50. The SMILES string of the molecule is C=C(C)C(=O)OCCCCCCOc1ccc(C(=O)Oc2ccc(/C=C/C(=O)OCCOC)cc2OC)cc1. The monoisotopic (exact) mass is 540 g/mol. The summed E-state index contributed by atoms with van der Waals surface area (Å²) in [4.78, 5) is 35.7. The highest BCUT2D eigenvalue weighted by Gasteiger charge is 2.13. The molecule has 0 heterocycles. The average Bonchev–Trinajstić information content (AvgIpc) is 2.94. The normalized spacial score (nSPS) is 10.6. The van der Waals surface area contributed by atoms with Crippen molar-refractivity contribution in [2.45, 2.75) is 32.6 Å². The zero-order chi connectivity index (χ0) is 28.5. The maximum Gasteiger partial charge on any atom is 0.343 e. The van der Waals surface area contributed by atoms with E-state index < -0.39 is 11.9 Å². The van der Waals surface area contributed by atoms with Crippen molar-refractivity contribution in [2.75, 3.05) is 40.6 Å². The average molecular weight is 541 g/mol. The summed E-state index contributed by atoms with van der Waals surface area (Å²) in [6.07, 6.45) is 6.40. The minimum atomic E-state index is -0.544. The Morgan fingerprint density at radius 2 is 1.54 bits per heavy atom. The third kappa shape index (κ3) is 11.9. The molecule has 0 N–H and O–H groups in total. The van der Waals surface area contributed by atoms with Gasteiger partial charge in [0, 0.05) is 18.8 Å². The lowest BCUT2D eigenvalue weighted by atomic mass is 10.2. The van der Waals surface area contributed by atoms with Crippen molar-refractivity contribution in [1.29, 1.82) is 0 Å². The van der Waals surface area contributed by atoms with E-state index in [1.807, 2.05) is 0 Å². The van der Waals surface area contributed by atoms with Crippen molar-refractivity contribution in [1.82, 2.24) is 0 Å². The fraction of sp³-hybridized carbons (Fsp3) is 0.367. The highest BCUT2D eigenvalue weighted by atomic mass is 16.6. The predicted octanol–water partition coefficient (Wildman–Crippen LogP) is 5.18. The van der Waals surface area contributed by atoms with Gasteiger partial charge < -0.3 is 28.4 Å². The summed E-state index contributed by atoms with van der Waals surface area (Å²) in [7, 11) is 2.99. The number of unbranched alkanes of at least 4 members (excludes halogenated alkanes) is 3. The lowest BCUT2D eigenvalue weighted by molar-refractivity contribution is -0.139. The number of benzene rings is 2. The quantitative estimate of drug-likeness (QED) is 0.116. The number of methoxy groups -OCH3 is 2. The van der Waals surface area contributed by atoms with Gasteiger partial charge in [-0.25, -0.2) is 14.4 Å². The van der Waals surface area contributed by atoms with Crippen LogP contribution in [0.2, 0.25) is 0 Å². The Morgan fingerprint density at radius 1 is 0.821 bits per heavy atom. The van der Waals surface area contributed by atoms with E-state index in [4.69, 9.17) is 28.4 Å². The standard InChI is InChI=1S/C30H36O9/c1-22(2)29(32)38-18-8-6-5-7-17-36-25-13-11-24(12-14-25)30(33)39-26-15-9-23(21-27(26)35-4)10-16-28(31)37-20-19-34-3/h9-16,21H,1,5-8,17-20H2,2-4H3/b16-10+. The Labute approximate surface area is 229 Å². The number of ether oxygens (including phenoxy) is 6. The number of carbonyl (C=O) groups is 3. The van der Waals surface area contributed by atoms with Crippen LogP contribution in [0.15, 0.2) is 60.7 Å². The molecule has 210 valence electrons. The Morgan fingerprint density at radius 3 is 2.21 bits per heavy atom. The van der Waals surface area contributed by atoms with Crippen LogP contribution in [0, 0.1) is 0 Å². The summed E-state index contributed by atoms with van der Waals surface area (Å²) in [5.74, 6) is -0.156. The molecule has 2 rings (SSSR count). The summed E-state index contributed by atoms with van der Waals surface area (Å²) in [5.41, 5.74) is 1.43. The molecule has 0 atom stereocenters. The first kappa shape index (κ1) is 31.1. The van der Waals surface area contributed by atoms with Crippen molar-refractivity contribution < 1.29 is 42.8 Å². The molecule has 0 spiro atoms. The molecule has 2 aromatic rings. The summed E-state index contributed by atoms with van der Waals surface area (Å²) >= 11 is 0. The Kier molecular flexibility index (Phi) is 13.9. The lowest BCUT2D eigenvalue weighted by Crippen LogP contribution is -2.09. The van der Waals surface area contributed by atoms with Crippen LogP contribution in [0.25, 0.3) is 6.08 Å². The maximum atomic E-state index is 12.6. The molecule has 0 bridgehead atoms. The number of esters is 3. The highest BCUT2D eigenvalue weighted by molar-refractivity contribution is 5.91. The fourth-order valence-corrected chi connectivity index (χ4v) is 3.19. The van der Waals surface area contributed by atoms with E-state index in [1.165, 1.54) is 20.3 Å². The van der Waals surface area contributed by atoms with E-state index in [2.05, 4.69) is 6.58 Å². The molecule has 0 radical (unpaired) electrons. The van der Waals surface area contributed by atoms with Crippen LogP contribution < -0.4 is 14.2 Å². The largest absolute Gasteiger partial charge is 0.494 e. The number of rotatable bonds is 17. The summed E-state index contributed by atoms with van der Waals surface area (Å²) in [6.45, 7) is 6.59. The van der Waals surface area contributed by atoms with Crippen LogP contribution in [0.1, 0.15) is 48.5 Å². The lowest BCUT2D eigenvalue weighted by Gasteiger charge is -2.11. The highest BCUT2D eigenvalue weighted by Crippen LogP contribution is 2.29. The summed E-state index contributed by atoms with van der Waals surface area (Å²) in [5, 5.41) is 0. The predicted molar refractivity (Wildman–Crippen MR) is 146 cm³/mol. The first-order chi connectivity index (χ1) is 18.8. The van der Waals surface area contributed by atoms with E-state index in [0.29, 0.717) is 48.0 Å². The second-order valence-electron chi connectivity index (χ2n) is 8.50. The topological polar surface area (TPSA) is 107 Å². The van der Waals surface area contributed by atoms with E-state index in [1.54, 1.807) is 55.5 Å². The van der Waals surface area contributed by atoms with Crippen LogP contribution in [0.4, 0.5) is 0 Å². The molecule has 0 aliphatic heterocycles. The molecular weight excluding hydrogens is 504 g/mol. The van der Waals surface area contributed by atoms with Gasteiger partial charge in [-0.1, -0.05) is 12.6 Å². The molecular formula is C30H36O9. The molecule has 0 aliphatic rings. The zero-order valence-corrected chi connectivity index (χ0v) is 22.7. The van der Waals surface area contributed by atoms with Crippen LogP contribution in [0.5, 0.6) is 17.2 Å². The number of carbonyl (C=O) groups excluding carboxylic acids is 3. The van der Waals surface area contributed by atoms with Gasteiger partial charge >= 0.3 is 17.9 Å². The van der Waals surface area contributed by atoms with Crippen molar-refractivity contribution in [3.05, 3.63) is 71.8 Å². The van der Waals surface area contributed by atoms with Crippen LogP contribution in [-0.2, 0) is 23.8 Å². The van der Waals surface area contributed by atoms with Crippen LogP contribution in [0.3, 0.4) is 0 Å². The third-order valence-electron chi connectivity index (χ3n) is 5.31. The summed E-state index contributed by atoms with van der Waals surface area (Å²) < 4.78 is 31.5. The van der Waals surface area contributed by atoms with Gasteiger partial charge in [0.15, 0.2) is 11.5 Å². The van der Waals surface area contributed by atoms with Crippen molar-refractivity contribution in [3.63, 3.8) is 0 Å². The van der Waals surface area contributed by atoms with Crippen molar-refractivity contribution in [2.24, 2.45) is 0 Å². The molecule has 0 saturated heterocycles. The van der Waals surface area contributed by atoms with E-state index >= 15 is 0 Å². The Bertz CT molecular complexity index is 1120. The van der Waals surface area contributed by atoms with Crippen LogP contribution >= 0.6 is 0 Å². The van der Waals surface area contributed by atoms with E-state index in [0.717, 1.165) is 25.7 Å². The zero-order valence-electron chi connectivity index (χ0n) is 22.7. The molecule has 2 aromatic carbocycles. The van der Waals surface area contributed by atoms with Gasteiger partial charge in [0.05, 0.1) is 32.5 Å². The molecule has 0 aliphatic carbocycles.